The lowest BCUT2D eigenvalue weighted by Crippen LogP contribution is -2.61. The van der Waals surface area contributed by atoms with Crippen molar-refractivity contribution >= 4 is 139 Å². The van der Waals surface area contributed by atoms with Gasteiger partial charge in [0.15, 0.2) is 0 Å². The van der Waals surface area contributed by atoms with Gasteiger partial charge in [-0.25, -0.2) is 0 Å². The fraction of sp³-hybridized carbons (Fsp3) is 0.211. The zero-order valence-corrected chi connectivity index (χ0v) is 71.8. The quantitative estimate of drug-likeness (QED) is 0.141. The number of benzene rings is 15. The molecular formula is C114H104BN5. The Labute approximate surface area is 724 Å². The molecule has 15 aromatic carbocycles. The maximum atomic E-state index is 10.6. The molecule has 0 atom stereocenters. The molecule has 0 aliphatic carbocycles. The number of fused-ring (bicyclic) bond motifs is 18. The van der Waals surface area contributed by atoms with Gasteiger partial charge < -0.3 is 23.3 Å². The first-order valence-corrected chi connectivity index (χ1v) is 42.3. The van der Waals surface area contributed by atoms with Crippen molar-refractivity contribution in [3.05, 3.63) is 336 Å². The maximum Gasteiger partial charge on any atom is 0.252 e. The third kappa shape index (κ3) is 11.5. The largest absolute Gasteiger partial charge is 0.309 e. The van der Waals surface area contributed by atoms with Crippen LogP contribution in [0, 0.1) is 0 Å². The standard InChI is InChI=1S/C114H104BN5/c1-109(2,3)73-47-55-95-87(59-73)88-60-74(110(4,5)6)48-56-96(88)116(95)79-51-53-91-99(67-79)119(104-83(69-35-23-19-24-36-69)63-77(113(13,14)15)64-84(104)70-37-25-20-26-38-70)107-101-81-43-31-33-45-93(81)118-94-46-34-32-44-82(94)102(106(101)118)108-103(107)115(91)92-54-52-80(117-97-57-49-75(111(7,8)9)61-89(97)90-62-76(112(10,11)12)50-58-98(90)117)68-100(92)120(108)105-85(71-39-27-21-28-40-71)65-78(114(16,17)18)66-86(105)72-41-29-22-30-42-72/h19-68H,1-18H3/i47D,48D,49D,50D,55D,56D,57D,58D,59D,60D,61D,62D. The van der Waals surface area contributed by atoms with Crippen LogP contribution in [0.2, 0.25) is 0 Å². The fourth-order valence-corrected chi connectivity index (χ4v) is 18.9. The summed E-state index contributed by atoms with van der Waals surface area (Å²) in [6, 6.07) is 81.0. The lowest BCUT2D eigenvalue weighted by molar-refractivity contribution is 0.590. The average molecular weight is 1570 g/mol. The monoisotopic (exact) mass is 1570 g/mol. The van der Waals surface area contributed by atoms with E-state index in [2.05, 4.69) is 274 Å². The Bertz CT molecular complexity index is 7440. The van der Waals surface area contributed by atoms with E-state index in [0.29, 0.717) is 45.0 Å². The van der Waals surface area contributed by atoms with Gasteiger partial charge in [0.25, 0.3) is 6.71 Å². The predicted octanol–water partition coefficient (Wildman–Crippen LogP) is 29.6. The number of anilines is 6. The second-order valence-electron chi connectivity index (χ2n) is 39.5. The molecule has 0 N–H and O–H groups in total. The summed E-state index contributed by atoms with van der Waals surface area (Å²) in [5.41, 5.74) is 18.8. The van der Waals surface area contributed by atoms with Crippen LogP contribution in [0.25, 0.3) is 138 Å². The molecule has 5 nitrogen and oxygen atoms in total. The summed E-state index contributed by atoms with van der Waals surface area (Å²) in [5, 5.41) is 4.92. The summed E-state index contributed by atoms with van der Waals surface area (Å²) in [7, 11) is 0. The third-order valence-corrected chi connectivity index (χ3v) is 25.2. The van der Waals surface area contributed by atoms with E-state index in [9.17, 15) is 16.4 Å². The smallest absolute Gasteiger partial charge is 0.252 e. The summed E-state index contributed by atoms with van der Waals surface area (Å²) in [5.74, 6) is 0. The van der Waals surface area contributed by atoms with Crippen LogP contribution in [0.15, 0.2) is 303 Å². The van der Waals surface area contributed by atoms with Gasteiger partial charge in [-0.2, -0.15) is 0 Å². The third-order valence-electron chi connectivity index (χ3n) is 25.2. The van der Waals surface area contributed by atoms with E-state index in [4.69, 9.17) is 0 Å². The van der Waals surface area contributed by atoms with Crippen LogP contribution in [0.3, 0.4) is 0 Å². The van der Waals surface area contributed by atoms with Crippen LogP contribution < -0.4 is 26.2 Å². The highest BCUT2D eigenvalue weighted by Crippen LogP contribution is 2.60. The van der Waals surface area contributed by atoms with Gasteiger partial charge in [-0.05, 0) is 214 Å². The lowest BCUT2D eigenvalue weighted by atomic mass is 9.33. The fourth-order valence-electron chi connectivity index (χ4n) is 18.9. The van der Waals surface area contributed by atoms with Crippen LogP contribution in [-0.4, -0.2) is 20.2 Å². The van der Waals surface area contributed by atoms with Crippen LogP contribution >= 0.6 is 0 Å². The zero-order chi connectivity index (χ0) is 93.4. The zero-order valence-electron chi connectivity index (χ0n) is 83.8. The second-order valence-corrected chi connectivity index (χ2v) is 39.5. The van der Waals surface area contributed by atoms with Gasteiger partial charge in [0.2, 0.25) is 0 Å². The molecule has 0 amide bonds. The normalized spacial score (nSPS) is 14.9. The van der Waals surface area contributed by atoms with Gasteiger partial charge in [0.05, 0.1) is 77.8 Å². The topological polar surface area (TPSA) is 20.8 Å². The molecule has 6 heteroatoms. The number of hydrogen-bond acceptors (Lipinski definition) is 2. The molecule has 588 valence electrons. The van der Waals surface area contributed by atoms with E-state index < -0.39 is 39.2 Å². The molecule has 0 spiro atoms. The molecule has 0 unspecified atom stereocenters. The first-order chi connectivity index (χ1) is 62.4. The first kappa shape index (κ1) is 62.5. The molecule has 0 saturated carbocycles. The van der Waals surface area contributed by atoms with Crippen molar-refractivity contribution in [2.75, 3.05) is 9.80 Å². The van der Waals surface area contributed by atoms with E-state index in [-0.39, 0.29) is 116 Å². The van der Waals surface area contributed by atoms with Gasteiger partial charge >= 0.3 is 0 Å². The molecule has 19 aromatic rings. The highest BCUT2D eigenvalue weighted by atomic mass is 15.2. The molecule has 4 aromatic heterocycles. The lowest BCUT2D eigenvalue weighted by Gasteiger charge is -2.46. The summed E-state index contributed by atoms with van der Waals surface area (Å²) in [6.45, 7) is 36.1. The van der Waals surface area contributed by atoms with Crippen molar-refractivity contribution in [1.82, 2.24) is 13.5 Å². The average Bonchev–Trinajstić information content (AvgIpc) is 1.45. The summed E-state index contributed by atoms with van der Waals surface area (Å²) in [4.78, 5) is 5.06. The van der Waals surface area contributed by atoms with Crippen LogP contribution in [0.4, 0.5) is 34.1 Å². The maximum absolute atomic E-state index is 10.6. The van der Waals surface area contributed by atoms with Gasteiger partial charge in [-0.15, -0.1) is 0 Å². The minimum absolute atomic E-state index is 0.0147. The Morgan fingerprint density at radius 1 is 0.258 bits per heavy atom. The van der Waals surface area contributed by atoms with E-state index >= 15 is 0 Å². The van der Waals surface area contributed by atoms with Crippen molar-refractivity contribution in [2.24, 2.45) is 0 Å². The molecule has 2 aliphatic rings. The minimum atomic E-state index is -0.820. The van der Waals surface area contributed by atoms with Gasteiger partial charge in [-0.3, -0.25) is 0 Å². The summed E-state index contributed by atoms with van der Waals surface area (Å²) < 4.78 is 132. The van der Waals surface area contributed by atoms with Crippen LogP contribution in [-0.2, 0) is 32.5 Å². The Kier molecular flexibility index (Phi) is 13.8. The molecule has 0 radical (unpaired) electrons. The predicted molar refractivity (Wildman–Crippen MR) is 518 cm³/mol. The highest BCUT2D eigenvalue weighted by molar-refractivity contribution is 7.01. The highest BCUT2D eigenvalue weighted by Gasteiger charge is 2.49. The summed E-state index contributed by atoms with van der Waals surface area (Å²) >= 11 is 0. The Morgan fingerprint density at radius 3 is 0.817 bits per heavy atom. The van der Waals surface area contributed by atoms with Crippen molar-refractivity contribution in [2.45, 2.75) is 157 Å². The van der Waals surface area contributed by atoms with E-state index in [1.54, 1.807) is 0 Å². The van der Waals surface area contributed by atoms with E-state index in [1.807, 2.05) is 104 Å². The molecule has 2 aliphatic heterocycles. The SMILES string of the molecule is [2H]c1c(C(C)(C)C)c([2H])c2c3c([2H])c(C(C)(C)C)c([2H])c([2H])c3n(-c3ccc4c(c3)N(c3c(-c5ccccc5)cc(C(C)(C)C)cc3-c3ccccc3)c3c5c(c6c7ccccc7n7c8ccccc8c3c67)N(c3c(-c6ccccc6)cc(C(C)(C)C)cc3-c3ccccc3)c3cc(-n6c7c([2H])c([2H])c(C(C)(C)C)c([2H])c7c7c([2H])c(C(C)(C)C)c([2H])c([2H])c76)ccc3B45)c2c1[2H]. The molecule has 21 rings (SSSR count). The summed E-state index contributed by atoms with van der Waals surface area (Å²) in [6.07, 6.45) is 0. The van der Waals surface area contributed by atoms with Gasteiger partial charge in [0.1, 0.15) is 0 Å². The molecular weight excluding hydrogens is 1450 g/mol. The molecule has 6 heterocycles. The Morgan fingerprint density at radius 2 is 0.533 bits per heavy atom. The Hall–Kier alpha value is -12.6. The number of nitrogens with zero attached hydrogens (tertiary/aromatic N) is 5. The van der Waals surface area contributed by atoms with Crippen molar-refractivity contribution in [3.63, 3.8) is 0 Å². The molecule has 120 heavy (non-hydrogen) atoms. The van der Waals surface area contributed by atoms with Crippen molar-refractivity contribution in [3.8, 4) is 55.9 Å². The van der Waals surface area contributed by atoms with E-state index in [0.717, 1.165) is 133 Å². The second kappa shape index (κ2) is 26.4. The first-order valence-electron chi connectivity index (χ1n) is 48.3. The molecule has 0 fully saturated rings. The number of aromatic nitrogens is 3. The number of hydrogen-bond donors (Lipinski definition) is 0. The van der Waals surface area contributed by atoms with Gasteiger partial charge in [0, 0.05) is 88.1 Å². The number of para-hydroxylation sites is 2. The van der Waals surface area contributed by atoms with Gasteiger partial charge in [-0.1, -0.05) is 319 Å². The Balaban J connectivity index is 1.04. The minimum Gasteiger partial charge on any atom is -0.309 e. The van der Waals surface area contributed by atoms with Crippen molar-refractivity contribution in [1.29, 1.82) is 0 Å². The van der Waals surface area contributed by atoms with Crippen molar-refractivity contribution < 1.29 is 16.4 Å². The van der Waals surface area contributed by atoms with Crippen LogP contribution in [0.5, 0.6) is 0 Å². The molecule has 0 bridgehead atoms. The van der Waals surface area contributed by atoms with E-state index in [1.165, 1.54) is 0 Å². The number of rotatable bonds is 8. The van der Waals surface area contributed by atoms with Crippen LogP contribution in [0.1, 0.15) is 174 Å². The molecule has 0 saturated heterocycles.